The molecule has 1 aliphatic heterocycles. The number of hydrogen-bond acceptors (Lipinski definition) is 6. The van der Waals surface area contributed by atoms with Crippen LogP contribution < -0.4 is 10.1 Å². The van der Waals surface area contributed by atoms with Crippen molar-refractivity contribution in [2.45, 2.75) is 19.4 Å². The van der Waals surface area contributed by atoms with Crippen LogP contribution in [-0.4, -0.2) is 41.1 Å². The smallest absolute Gasteiger partial charge is 0.338 e. The van der Waals surface area contributed by atoms with Crippen molar-refractivity contribution in [2.24, 2.45) is 0 Å². The molecule has 1 aromatic carbocycles. The topological polar surface area (TPSA) is 77.5 Å². The molecule has 1 amide bonds. The maximum Gasteiger partial charge on any atom is 0.338 e. The Hall–Kier alpha value is -2.54. The summed E-state index contributed by atoms with van der Waals surface area (Å²) in [6.07, 6.45) is 2.72. The number of nitrogens with zero attached hydrogens (tertiary/aromatic N) is 1. The molecule has 26 heavy (non-hydrogen) atoms. The highest BCUT2D eigenvalue weighted by Gasteiger charge is 2.18. The van der Waals surface area contributed by atoms with E-state index in [9.17, 15) is 9.59 Å². The molecule has 2 aromatic rings. The van der Waals surface area contributed by atoms with E-state index in [2.05, 4.69) is 10.3 Å². The van der Waals surface area contributed by atoms with Gasteiger partial charge in [0, 0.05) is 29.3 Å². The summed E-state index contributed by atoms with van der Waals surface area (Å²) in [4.78, 5) is 28.3. The van der Waals surface area contributed by atoms with Crippen molar-refractivity contribution in [3.8, 4) is 5.88 Å². The van der Waals surface area contributed by atoms with Gasteiger partial charge in [0.1, 0.15) is 6.10 Å². The zero-order valence-corrected chi connectivity index (χ0v) is 15.3. The van der Waals surface area contributed by atoms with Gasteiger partial charge in [0.25, 0.3) is 5.91 Å². The van der Waals surface area contributed by atoms with E-state index in [4.69, 9.17) is 9.47 Å². The van der Waals surface area contributed by atoms with E-state index in [1.165, 1.54) is 0 Å². The number of aromatic nitrogens is 1. The number of carbonyl (C=O) groups excluding carboxylic acids is 2. The third kappa shape index (κ3) is 4.76. The third-order valence-electron chi connectivity index (χ3n) is 3.83. The van der Waals surface area contributed by atoms with Crippen molar-refractivity contribution in [1.29, 1.82) is 0 Å². The first-order valence-corrected chi connectivity index (χ1v) is 9.60. The Balaban J connectivity index is 1.63. The fourth-order valence-electron chi connectivity index (χ4n) is 2.50. The number of carbonyl (C=O) groups is 2. The summed E-state index contributed by atoms with van der Waals surface area (Å²) >= 11 is 1.85. The fraction of sp³-hybridized carbons (Fsp3) is 0.316. The van der Waals surface area contributed by atoms with Gasteiger partial charge in [-0.25, -0.2) is 9.78 Å². The second kappa shape index (κ2) is 8.71. The second-order valence-electron chi connectivity index (χ2n) is 5.74. The Morgan fingerprint density at radius 1 is 1.23 bits per heavy atom. The molecule has 3 rings (SSSR count). The second-order valence-corrected chi connectivity index (χ2v) is 6.89. The third-order valence-corrected chi connectivity index (χ3v) is 4.96. The molecule has 0 spiro atoms. The lowest BCUT2D eigenvalue weighted by Crippen LogP contribution is -2.17. The van der Waals surface area contributed by atoms with E-state index in [1.54, 1.807) is 49.5 Å². The monoisotopic (exact) mass is 372 g/mol. The lowest BCUT2D eigenvalue weighted by atomic mass is 10.2. The summed E-state index contributed by atoms with van der Waals surface area (Å²) in [7, 11) is 0. The number of esters is 1. The zero-order chi connectivity index (χ0) is 18.4. The minimum Gasteiger partial charge on any atom is -0.473 e. The van der Waals surface area contributed by atoms with Gasteiger partial charge in [-0.15, -0.1) is 0 Å². The zero-order valence-electron chi connectivity index (χ0n) is 14.4. The first-order valence-electron chi connectivity index (χ1n) is 8.44. The molecule has 1 atom stereocenters. The van der Waals surface area contributed by atoms with Crippen molar-refractivity contribution in [3.05, 3.63) is 53.7 Å². The van der Waals surface area contributed by atoms with Crippen LogP contribution in [0, 0.1) is 0 Å². The predicted octanol–water partition coefficient (Wildman–Crippen LogP) is 3.39. The number of benzene rings is 1. The van der Waals surface area contributed by atoms with Gasteiger partial charge in [-0.05, 0) is 49.4 Å². The maximum atomic E-state index is 12.4. The van der Waals surface area contributed by atoms with E-state index in [0.717, 1.165) is 17.9 Å². The van der Waals surface area contributed by atoms with E-state index < -0.39 is 0 Å². The summed E-state index contributed by atoms with van der Waals surface area (Å²) in [5.41, 5.74) is 1.50. The molecule has 1 aromatic heterocycles. The molecule has 0 bridgehead atoms. The van der Waals surface area contributed by atoms with Gasteiger partial charge in [0.15, 0.2) is 0 Å². The molecule has 2 heterocycles. The Morgan fingerprint density at radius 2 is 2.04 bits per heavy atom. The molecular weight excluding hydrogens is 352 g/mol. The maximum absolute atomic E-state index is 12.4. The standard InChI is InChI=1S/C19H20N2O4S/c1-2-24-19(23)13-3-5-15(6-4-13)21-18(22)14-7-9-20-17(11-14)25-16-8-10-26-12-16/h3-7,9,11,16H,2,8,10,12H2,1H3,(H,21,22)/t16-/m1/s1. The SMILES string of the molecule is CCOC(=O)c1ccc(NC(=O)c2ccnc(O[C@@H]3CCSC3)c2)cc1. The van der Waals surface area contributed by atoms with Crippen molar-refractivity contribution in [3.63, 3.8) is 0 Å². The number of thioether (sulfide) groups is 1. The van der Waals surface area contributed by atoms with Crippen LogP contribution >= 0.6 is 11.8 Å². The lowest BCUT2D eigenvalue weighted by molar-refractivity contribution is 0.0526. The highest BCUT2D eigenvalue weighted by molar-refractivity contribution is 7.99. The number of pyridine rings is 1. The Morgan fingerprint density at radius 3 is 2.73 bits per heavy atom. The number of rotatable bonds is 6. The molecular formula is C19H20N2O4S. The minimum atomic E-state index is -0.383. The number of ether oxygens (including phenoxy) is 2. The lowest BCUT2D eigenvalue weighted by Gasteiger charge is -2.12. The average Bonchev–Trinajstić information content (AvgIpc) is 3.16. The molecule has 136 valence electrons. The molecule has 0 saturated carbocycles. The predicted molar refractivity (Wildman–Crippen MR) is 101 cm³/mol. The molecule has 0 unspecified atom stereocenters. The van der Waals surface area contributed by atoms with Gasteiger partial charge in [0.2, 0.25) is 5.88 Å². The summed E-state index contributed by atoms with van der Waals surface area (Å²) in [6.45, 7) is 2.08. The van der Waals surface area contributed by atoms with Crippen molar-refractivity contribution >= 4 is 29.3 Å². The summed E-state index contributed by atoms with van der Waals surface area (Å²) in [5, 5.41) is 2.80. The normalized spacial score (nSPS) is 16.1. The van der Waals surface area contributed by atoms with Crippen LogP contribution in [0.15, 0.2) is 42.6 Å². The van der Waals surface area contributed by atoms with Crippen LogP contribution in [0.1, 0.15) is 34.1 Å². The molecule has 0 aliphatic carbocycles. The molecule has 7 heteroatoms. The quantitative estimate of drug-likeness (QED) is 0.783. The molecule has 0 radical (unpaired) electrons. The summed E-state index contributed by atoms with van der Waals surface area (Å²) < 4.78 is 10.8. The van der Waals surface area contributed by atoms with Gasteiger partial charge in [-0.3, -0.25) is 4.79 Å². The Bertz CT molecular complexity index is 773. The fourth-order valence-corrected chi connectivity index (χ4v) is 3.59. The van der Waals surface area contributed by atoms with Crippen LogP contribution in [0.5, 0.6) is 5.88 Å². The molecule has 1 fully saturated rings. The van der Waals surface area contributed by atoms with E-state index in [0.29, 0.717) is 29.3 Å². The molecule has 1 N–H and O–H groups in total. The number of nitrogens with one attached hydrogen (secondary N) is 1. The van der Waals surface area contributed by atoms with Crippen LogP contribution in [0.25, 0.3) is 0 Å². The van der Waals surface area contributed by atoms with Crippen molar-refractivity contribution < 1.29 is 19.1 Å². The van der Waals surface area contributed by atoms with Crippen molar-refractivity contribution in [1.82, 2.24) is 4.98 Å². The van der Waals surface area contributed by atoms with Gasteiger partial charge in [-0.1, -0.05) is 0 Å². The van der Waals surface area contributed by atoms with Gasteiger partial charge in [-0.2, -0.15) is 11.8 Å². The molecule has 6 nitrogen and oxygen atoms in total. The van der Waals surface area contributed by atoms with Crippen molar-refractivity contribution in [2.75, 3.05) is 23.4 Å². The van der Waals surface area contributed by atoms with Crippen LogP contribution in [0.2, 0.25) is 0 Å². The Labute approximate surface area is 156 Å². The summed E-state index contributed by atoms with van der Waals surface area (Å²) in [6, 6.07) is 9.85. The highest BCUT2D eigenvalue weighted by atomic mass is 32.2. The minimum absolute atomic E-state index is 0.154. The average molecular weight is 372 g/mol. The first kappa shape index (κ1) is 18.3. The van der Waals surface area contributed by atoms with Crippen LogP contribution in [0.4, 0.5) is 5.69 Å². The van der Waals surface area contributed by atoms with Gasteiger partial charge >= 0.3 is 5.97 Å². The Kier molecular flexibility index (Phi) is 6.12. The summed E-state index contributed by atoms with van der Waals surface area (Å²) in [5.74, 6) is 1.86. The molecule has 1 aliphatic rings. The van der Waals surface area contributed by atoms with Gasteiger partial charge in [0.05, 0.1) is 12.2 Å². The number of amides is 1. The number of hydrogen-bond donors (Lipinski definition) is 1. The van der Waals surface area contributed by atoms with E-state index >= 15 is 0 Å². The van der Waals surface area contributed by atoms with Crippen LogP contribution in [0.3, 0.4) is 0 Å². The molecule has 1 saturated heterocycles. The van der Waals surface area contributed by atoms with E-state index in [-0.39, 0.29) is 18.0 Å². The van der Waals surface area contributed by atoms with Crippen LogP contribution in [-0.2, 0) is 4.74 Å². The largest absolute Gasteiger partial charge is 0.473 e. The number of anilines is 1. The first-order chi connectivity index (χ1) is 12.7. The highest BCUT2D eigenvalue weighted by Crippen LogP contribution is 2.22. The van der Waals surface area contributed by atoms with E-state index in [1.807, 2.05) is 11.8 Å². The van der Waals surface area contributed by atoms with Gasteiger partial charge < -0.3 is 14.8 Å².